The Kier molecular flexibility index (Phi) is 4.29. The zero-order valence-electron chi connectivity index (χ0n) is 13.2. The summed E-state index contributed by atoms with van der Waals surface area (Å²) in [5.41, 5.74) is 3.10. The van der Waals surface area contributed by atoms with Crippen molar-refractivity contribution in [1.29, 1.82) is 0 Å². The fourth-order valence-corrected chi connectivity index (χ4v) is 2.62. The summed E-state index contributed by atoms with van der Waals surface area (Å²) in [5.74, 6) is 0.905. The monoisotopic (exact) mass is 306 g/mol. The number of ether oxygens (including phenoxy) is 1. The number of carbonyl (C=O) groups excluding carboxylic acids is 1. The van der Waals surface area contributed by atoms with Crippen LogP contribution in [0.25, 0.3) is 22.6 Å². The van der Waals surface area contributed by atoms with Gasteiger partial charge in [-0.2, -0.15) is 0 Å². The first-order valence-corrected chi connectivity index (χ1v) is 7.63. The summed E-state index contributed by atoms with van der Waals surface area (Å²) in [4.78, 5) is 12.4. The maximum absolute atomic E-state index is 12.4. The Bertz CT molecular complexity index is 802. The van der Waals surface area contributed by atoms with Crippen LogP contribution in [-0.2, 0) is 4.74 Å². The number of carbonyl (C=O) groups is 1. The van der Waals surface area contributed by atoms with Gasteiger partial charge >= 0.3 is 5.97 Å². The van der Waals surface area contributed by atoms with E-state index in [4.69, 9.17) is 9.15 Å². The van der Waals surface area contributed by atoms with Crippen LogP contribution in [0.3, 0.4) is 0 Å². The third-order valence-corrected chi connectivity index (χ3v) is 3.70. The van der Waals surface area contributed by atoms with Crippen molar-refractivity contribution in [3.63, 3.8) is 0 Å². The quantitative estimate of drug-likeness (QED) is 0.630. The van der Waals surface area contributed by atoms with Crippen LogP contribution < -0.4 is 0 Å². The first-order valence-electron chi connectivity index (χ1n) is 7.63. The molecule has 3 heteroatoms. The van der Waals surface area contributed by atoms with Crippen LogP contribution in [0.2, 0.25) is 0 Å². The second-order valence-corrected chi connectivity index (χ2v) is 5.21. The highest BCUT2D eigenvalue weighted by Crippen LogP contribution is 2.37. The molecule has 0 bridgehead atoms. The predicted octanol–water partition coefficient (Wildman–Crippen LogP) is 5.10. The zero-order chi connectivity index (χ0) is 16.2. The summed E-state index contributed by atoms with van der Waals surface area (Å²) >= 11 is 0. The SMILES string of the molecule is CCOC(=O)c1c(-c2ccccc2)oc(-c2ccccc2)c1C. The van der Waals surface area contributed by atoms with Gasteiger partial charge in [0.15, 0.2) is 0 Å². The molecule has 0 aliphatic heterocycles. The van der Waals surface area contributed by atoms with E-state index < -0.39 is 0 Å². The number of hydrogen-bond donors (Lipinski definition) is 0. The Morgan fingerprint density at radius 1 is 0.913 bits per heavy atom. The molecule has 0 aliphatic carbocycles. The Balaban J connectivity index is 2.20. The van der Waals surface area contributed by atoms with Crippen molar-refractivity contribution in [2.45, 2.75) is 13.8 Å². The molecule has 0 amide bonds. The smallest absolute Gasteiger partial charge is 0.342 e. The van der Waals surface area contributed by atoms with Crippen molar-refractivity contribution in [1.82, 2.24) is 0 Å². The fourth-order valence-electron chi connectivity index (χ4n) is 2.62. The van der Waals surface area contributed by atoms with Crippen LogP contribution >= 0.6 is 0 Å². The summed E-state index contributed by atoms with van der Waals surface area (Å²) in [5, 5.41) is 0. The van der Waals surface area contributed by atoms with Gasteiger partial charge in [-0.05, 0) is 13.8 Å². The highest BCUT2D eigenvalue weighted by molar-refractivity contribution is 5.99. The molecule has 23 heavy (non-hydrogen) atoms. The second-order valence-electron chi connectivity index (χ2n) is 5.21. The molecule has 116 valence electrons. The predicted molar refractivity (Wildman–Crippen MR) is 90.3 cm³/mol. The molecule has 3 aromatic rings. The number of benzene rings is 2. The summed E-state index contributed by atoms with van der Waals surface area (Å²) in [6.07, 6.45) is 0. The molecule has 0 aliphatic rings. The van der Waals surface area contributed by atoms with Crippen molar-refractivity contribution >= 4 is 5.97 Å². The number of rotatable bonds is 4. The Morgan fingerprint density at radius 2 is 1.43 bits per heavy atom. The van der Waals surface area contributed by atoms with Gasteiger partial charge in [0.05, 0.1) is 6.61 Å². The average molecular weight is 306 g/mol. The molecular weight excluding hydrogens is 288 g/mol. The fraction of sp³-hybridized carbons (Fsp3) is 0.150. The molecule has 0 fully saturated rings. The summed E-state index contributed by atoms with van der Waals surface area (Å²) in [7, 11) is 0. The molecule has 1 heterocycles. The minimum atomic E-state index is -0.352. The van der Waals surface area contributed by atoms with E-state index in [-0.39, 0.29) is 5.97 Å². The van der Waals surface area contributed by atoms with Gasteiger partial charge in [-0.25, -0.2) is 4.79 Å². The third-order valence-electron chi connectivity index (χ3n) is 3.70. The molecule has 2 aromatic carbocycles. The topological polar surface area (TPSA) is 39.4 Å². The lowest BCUT2D eigenvalue weighted by Gasteiger charge is -2.03. The van der Waals surface area contributed by atoms with Crippen LogP contribution in [0.1, 0.15) is 22.8 Å². The Labute approximate surface area is 135 Å². The van der Waals surface area contributed by atoms with E-state index in [0.717, 1.165) is 16.7 Å². The molecule has 3 rings (SSSR count). The van der Waals surface area contributed by atoms with Gasteiger partial charge < -0.3 is 9.15 Å². The van der Waals surface area contributed by atoms with Crippen LogP contribution in [0.5, 0.6) is 0 Å². The normalized spacial score (nSPS) is 10.5. The van der Waals surface area contributed by atoms with Gasteiger partial charge in [0, 0.05) is 16.7 Å². The van der Waals surface area contributed by atoms with Crippen LogP contribution in [0.15, 0.2) is 65.1 Å². The molecule has 0 unspecified atom stereocenters. The number of hydrogen-bond acceptors (Lipinski definition) is 3. The number of furan rings is 1. The molecular formula is C20H18O3. The summed E-state index contributed by atoms with van der Waals surface area (Å²) in [6.45, 7) is 4.02. The zero-order valence-corrected chi connectivity index (χ0v) is 13.2. The molecule has 0 N–H and O–H groups in total. The molecule has 0 spiro atoms. The number of esters is 1. The molecule has 0 saturated carbocycles. The van der Waals surface area contributed by atoms with Gasteiger partial charge in [0.2, 0.25) is 0 Å². The maximum Gasteiger partial charge on any atom is 0.342 e. The lowest BCUT2D eigenvalue weighted by molar-refractivity contribution is 0.0526. The highest BCUT2D eigenvalue weighted by atomic mass is 16.5. The van der Waals surface area contributed by atoms with Gasteiger partial charge in [-0.1, -0.05) is 60.7 Å². The molecule has 0 radical (unpaired) electrons. The molecule has 1 aromatic heterocycles. The van der Waals surface area contributed by atoms with E-state index in [1.165, 1.54) is 0 Å². The van der Waals surface area contributed by atoms with Crippen molar-refractivity contribution < 1.29 is 13.9 Å². The lowest BCUT2D eigenvalue weighted by Crippen LogP contribution is -2.06. The molecule has 3 nitrogen and oxygen atoms in total. The Hall–Kier alpha value is -2.81. The third kappa shape index (κ3) is 2.90. The largest absolute Gasteiger partial charge is 0.462 e. The van der Waals surface area contributed by atoms with E-state index >= 15 is 0 Å². The van der Waals surface area contributed by atoms with Crippen molar-refractivity contribution in [3.8, 4) is 22.6 Å². The summed E-state index contributed by atoms with van der Waals surface area (Å²) in [6, 6.07) is 19.4. The molecule has 0 saturated heterocycles. The van der Waals surface area contributed by atoms with Crippen molar-refractivity contribution in [2.24, 2.45) is 0 Å². The first-order chi connectivity index (χ1) is 11.2. The second kappa shape index (κ2) is 6.53. The van der Waals surface area contributed by atoms with Crippen molar-refractivity contribution in [3.05, 3.63) is 71.8 Å². The first kappa shape index (κ1) is 15.1. The minimum absolute atomic E-state index is 0.332. The van der Waals surface area contributed by atoms with E-state index in [1.54, 1.807) is 6.92 Å². The van der Waals surface area contributed by atoms with Crippen LogP contribution in [0.4, 0.5) is 0 Å². The van der Waals surface area contributed by atoms with Gasteiger partial charge in [0.1, 0.15) is 17.1 Å². The standard InChI is InChI=1S/C20H18O3/c1-3-22-20(21)17-14(2)18(15-10-6-4-7-11-15)23-19(17)16-12-8-5-9-13-16/h4-13H,3H2,1-2H3. The lowest BCUT2D eigenvalue weighted by atomic mass is 10.0. The van der Waals surface area contributed by atoms with Gasteiger partial charge in [0.25, 0.3) is 0 Å². The minimum Gasteiger partial charge on any atom is -0.462 e. The van der Waals surface area contributed by atoms with Gasteiger partial charge in [-0.3, -0.25) is 0 Å². The Morgan fingerprint density at radius 3 is 1.96 bits per heavy atom. The van der Waals surface area contributed by atoms with Crippen LogP contribution in [-0.4, -0.2) is 12.6 Å². The molecule has 0 atom stereocenters. The van der Waals surface area contributed by atoms with E-state index in [1.807, 2.05) is 67.6 Å². The van der Waals surface area contributed by atoms with Crippen LogP contribution in [0, 0.1) is 6.92 Å². The van der Waals surface area contributed by atoms with E-state index in [2.05, 4.69) is 0 Å². The maximum atomic E-state index is 12.4. The average Bonchev–Trinajstić information content (AvgIpc) is 2.94. The summed E-state index contributed by atoms with van der Waals surface area (Å²) < 4.78 is 11.3. The van der Waals surface area contributed by atoms with Gasteiger partial charge in [-0.15, -0.1) is 0 Å². The van der Waals surface area contributed by atoms with E-state index in [0.29, 0.717) is 23.7 Å². The van der Waals surface area contributed by atoms with Crippen molar-refractivity contribution in [2.75, 3.05) is 6.61 Å². The van der Waals surface area contributed by atoms with E-state index in [9.17, 15) is 4.79 Å². The highest BCUT2D eigenvalue weighted by Gasteiger charge is 2.25.